The molecule has 0 rings (SSSR count). The Morgan fingerprint density at radius 2 is 1.65 bits per heavy atom. The standard InChI is InChI=1S/C12H25NO4/c1-5-11(12(14)15-4)8-13(9-16-6-2)10-17-7-3/h11H,5-10H2,1-4H3. The van der Waals surface area contributed by atoms with Gasteiger partial charge in [-0.3, -0.25) is 9.69 Å². The topological polar surface area (TPSA) is 48.0 Å². The summed E-state index contributed by atoms with van der Waals surface area (Å²) in [5.41, 5.74) is 0. The molecule has 0 spiro atoms. The predicted octanol–water partition coefficient (Wildman–Crippen LogP) is 1.48. The second-order valence-electron chi connectivity index (χ2n) is 3.73. The Morgan fingerprint density at radius 3 is 2.00 bits per heavy atom. The highest BCUT2D eigenvalue weighted by Gasteiger charge is 2.20. The van der Waals surface area contributed by atoms with Gasteiger partial charge in [-0.15, -0.1) is 0 Å². The molecule has 0 aromatic carbocycles. The molecule has 0 radical (unpaired) electrons. The van der Waals surface area contributed by atoms with Crippen molar-refractivity contribution in [1.82, 2.24) is 4.90 Å². The van der Waals surface area contributed by atoms with Crippen LogP contribution in [0.2, 0.25) is 0 Å². The van der Waals surface area contributed by atoms with Crippen LogP contribution in [0, 0.1) is 5.92 Å². The van der Waals surface area contributed by atoms with Crippen LogP contribution in [-0.2, 0) is 19.0 Å². The van der Waals surface area contributed by atoms with E-state index >= 15 is 0 Å². The highest BCUT2D eigenvalue weighted by molar-refractivity contribution is 5.72. The molecule has 0 fully saturated rings. The summed E-state index contributed by atoms with van der Waals surface area (Å²) < 4.78 is 15.5. The molecule has 0 amide bonds. The van der Waals surface area contributed by atoms with Crippen molar-refractivity contribution in [2.45, 2.75) is 27.2 Å². The zero-order chi connectivity index (χ0) is 13.1. The first kappa shape index (κ1) is 16.4. The van der Waals surface area contributed by atoms with Crippen molar-refractivity contribution in [3.05, 3.63) is 0 Å². The van der Waals surface area contributed by atoms with Crippen molar-refractivity contribution in [2.75, 3.05) is 40.3 Å². The molecule has 0 bridgehead atoms. The molecule has 0 heterocycles. The number of carbonyl (C=O) groups excluding carboxylic acids is 1. The lowest BCUT2D eigenvalue weighted by molar-refractivity contribution is -0.147. The van der Waals surface area contributed by atoms with Crippen molar-refractivity contribution in [2.24, 2.45) is 5.92 Å². The number of rotatable bonds is 10. The summed E-state index contributed by atoms with van der Waals surface area (Å²) in [7, 11) is 1.42. The van der Waals surface area contributed by atoms with E-state index in [1.54, 1.807) is 0 Å². The van der Waals surface area contributed by atoms with Crippen molar-refractivity contribution < 1.29 is 19.0 Å². The smallest absolute Gasteiger partial charge is 0.309 e. The summed E-state index contributed by atoms with van der Waals surface area (Å²) in [5.74, 6) is -0.300. The molecule has 0 saturated carbocycles. The lowest BCUT2D eigenvalue weighted by Gasteiger charge is -2.24. The second kappa shape index (κ2) is 10.5. The molecular weight excluding hydrogens is 222 g/mol. The van der Waals surface area contributed by atoms with E-state index in [2.05, 4.69) is 0 Å². The largest absolute Gasteiger partial charge is 0.469 e. The molecule has 102 valence electrons. The van der Waals surface area contributed by atoms with Crippen molar-refractivity contribution in [1.29, 1.82) is 0 Å². The molecule has 0 aliphatic heterocycles. The Bertz CT molecular complexity index is 191. The van der Waals surface area contributed by atoms with E-state index in [9.17, 15) is 4.79 Å². The van der Waals surface area contributed by atoms with Gasteiger partial charge in [-0.2, -0.15) is 0 Å². The molecule has 0 saturated heterocycles. The molecule has 0 N–H and O–H groups in total. The number of hydrogen-bond donors (Lipinski definition) is 0. The zero-order valence-electron chi connectivity index (χ0n) is 11.4. The van der Waals surface area contributed by atoms with Gasteiger partial charge in [-0.25, -0.2) is 0 Å². The molecule has 1 atom stereocenters. The number of ether oxygens (including phenoxy) is 3. The molecular formula is C12H25NO4. The van der Waals surface area contributed by atoms with Gasteiger partial charge in [0.1, 0.15) is 13.5 Å². The molecule has 0 aliphatic carbocycles. The summed E-state index contributed by atoms with van der Waals surface area (Å²) in [4.78, 5) is 13.5. The first-order valence-corrected chi connectivity index (χ1v) is 6.15. The third-order valence-electron chi connectivity index (χ3n) is 2.46. The highest BCUT2D eigenvalue weighted by atomic mass is 16.5. The Morgan fingerprint density at radius 1 is 1.12 bits per heavy atom. The second-order valence-corrected chi connectivity index (χ2v) is 3.73. The maximum absolute atomic E-state index is 11.5. The van der Waals surface area contributed by atoms with E-state index in [4.69, 9.17) is 14.2 Å². The Balaban J connectivity index is 4.20. The average molecular weight is 247 g/mol. The average Bonchev–Trinajstić information content (AvgIpc) is 2.37. The zero-order valence-corrected chi connectivity index (χ0v) is 11.4. The molecule has 0 aromatic rings. The van der Waals surface area contributed by atoms with Gasteiger partial charge in [0.15, 0.2) is 0 Å². The van der Waals surface area contributed by atoms with Crippen LogP contribution in [0.4, 0.5) is 0 Å². The number of esters is 1. The first-order chi connectivity index (χ1) is 8.19. The van der Waals surface area contributed by atoms with Gasteiger partial charge in [0.2, 0.25) is 0 Å². The monoisotopic (exact) mass is 247 g/mol. The maximum atomic E-state index is 11.5. The van der Waals surface area contributed by atoms with Crippen LogP contribution < -0.4 is 0 Å². The lowest BCUT2D eigenvalue weighted by atomic mass is 10.1. The van der Waals surface area contributed by atoms with Gasteiger partial charge in [-0.1, -0.05) is 6.92 Å². The van der Waals surface area contributed by atoms with Crippen LogP contribution in [0.15, 0.2) is 0 Å². The minimum Gasteiger partial charge on any atom is -0.469 e. The third-order valence-corrected chi connectivity index (χ3v) is 2.46. The Labute approximate surface area is 104 Å². The number of carbonyl (C=O) groups is 1. The summed E-state index contributed by atoms with van der Waals surface area (Å²) in [6.07, 6.45) is 0.751. The number of nitrogens with zero attached hydrogens (tertiary/aromatic N) is 1. The van der Waals surface area contributed by atoms with E-state index in [0.717, 1.165) is 6.42 Å². The SMILES string of the molecule is CCOCN(COCC)CC(CC)C(=O)OC. The quantitative estimate of drug-likeness (QED) is 0.432. The van der Waals surface area contributed by atoms with Gasteiger partial charge >= 0.3 is 5.97 Å². The minimum atomic E-state index is -0.175. The van der Waals surface area contributed by atoms with Crippen LogP contribution in [0.25, 0.3) is 0 Å². The molecule has 0 aliphatic rings. The summed E-state index contributed by atoms with van der Waals surface area (Å²) in [6.45, 7) is 8.71. The predicted molar refractivity (Wildman–Crippen MR) is 65.5 cm³/mol. The van der Waals surface area contributed by atoms with E-state index in [-0.39, 0.29) is 11.9 Å². The van der Waals surface area contributed by atoms with Crippen LogP contribution >= 0.6 is 0 Å². The Hall–Kier alpha value is -0.650. The third kappa shape index (κ3) is 7.31. The fourth-order valence-electron chi connectivity index (χ4n) is 1.43. The summed E-state index contributed by atoms with van der Waals surface area (Å²) in [5, 5.41) is 0. The first-order valence-electron chi connectivity index (χ1n) is 6.15. The molecule has 0 aromatic heterocycles. The highest BCUT2D eigenvalue weighted by Crippen LogP contribution is 2.08. The van der Waals surface area contributed by atoms with Crippen LogP contribution in [0.3, 0.4) is 0 Å². The van der Waals surface area contributed by atoms with Gasteiger partial charge in [0, 0.05) is 19.8 Å². The van der Waals surface area contributed by atoms with Crippen LogP contribution in [0.1, 0.15) is 27.2 Å². The van der Waals surface area contributed by atoms with Gasteiger partial charge in [0.05, 0.1) is 13.0 Å². The minimum absolute atomic E-state index is 0.124. The summed E-state index contributed by atoms with van der Waals surface area (Å²) in [6, 6.07) is 0. The maximum Gasteiger partial charge on any atom is 0.309 e. The van der Waals surface area contributed by atoms with E-state index < -0.39 is 0 Å². The van der Waals surface area contributed by atoms with Gasteiger partial charge in [0.25, 0.3) is 0 Å². The lowest BCUT2D eigenvalue weighted by Crippen LogP contribution is -2.36. The van der Waals surface area contributed by atoms with E-state index in [0.29, 0.717) is 33.2 Å². The number of methoxy groups -OCH3 is 1. The van der Waals surface area contributed by atoms with Gasteiger partial charge < -0.3 is 14.2 Å². The summed E-state index contributed by atoms with van der Waals surface area (Å²) >= 11 is 0. The van der Waals surface area contributed by atoms with E-state index in [1.165, 1.54) is 7.11 Å². The van der Waals surface area contributed by atoms with E-state index in [1.807, 2.05) is 25.7 Å². The number of hydrogen-bond acceptors (Lipinski definition) is 5. The molecule has 5 nitrogen and oxygen atoms in total. The van der Waals surface area contributed by atoms with Crippen molar-refractivity contribution >= 4 is 5.97 Å². The molecule has 1 unspecified atom stereocenters. The molecule has 5 heteroatoms. The molecule has 17 heavy (non-hydrogen) atoms. The van der Waals surface area contributed by atoms with Crippen LogP contribution in [0.5, 0.6) is 0 Å². The van der Waals surface area contributed by atoms with Crippen molar-refractivity contribution in [3.63, 3.8) is 0 Å². The van der Waals surface area contributed by atoms with Crippen LogP contribution in [-0.4, -0.2) is 51.2 Å². The fourth-order valence-corrected chi connectivity index (χ4v) is 1.43. The van der Waals surface area contributed by atoms with Gasteiger partial charge in [-0.05, 0) is 20.3 Å². The Kier molecular flexibility index (Phi) is 10.1. The normalized spacial score (nSPS) is 12.8. The fraction of sp³-hybridized carbons (Fsp3) is 0.917. The van der Waals surface area contributed by atoms with Crippen molar-refractivity contribution in [3.8, 4) is 0 Å².